The van der Waals surface area contributed by atoms with E-state index in [0.29, 0.717) is 18.4 Å². The van der Waals surface area contributed by atoms with Crippen LogP contribution < -0.4 is 0 Å². The Morgan fingerprint density at radius 2 is 1.80 bits per heavy atom. The molecule has 1 saturated carbocycles. The van der Waals surface area contributed by atoms with Crippen LogP contribution in [0.2, 0.25) is 0 Å². The number of halogens is 2. The van der Waals surface area contributed by atoms with Gasteiger partial charge in [0, 0.05) is 6.07 Å². The normalized spacial score (nSPS) is 24.7. The molecule has 0 bridgehead atoms. The summed E-state index contributed by atoms with van der Waals surface area (Å²) >= 11 is 0. The summed E-state index contributed by atoms with van der Waals surface area (Å²) in [4.78, 5) is 10.7. The molecule has 1 fully saturated rings. The van der Waals surface area contributed by atoms with Crippen molar-refractivity contribution in [3.63, 3.8) is 0 Å². The van der Waals surface area contributed by atoms with Gasteiger partial charge in [0.2, 0.25) is 0 Å². The van der Waals surface area contributed by atoms with Crippen molar-refractivity contribution >= 4 is 5.97 Å². The van der Waals surface area contributed by atoms with Gasteiger partial charge in [0.25, 0.3) is 0 Å². The molecule has 0 spiro atoms. The van der Waals surface area contributed by atoms with E-state index in [1.807, 2.05) is 0 Å². The van der Waals surface area contributed by atoms with Crippen LogP contribution in [0.15, 0.2) is 18.2 Å². The van der Waals surface area contributed by atoms with Crippen molar-refractivity contribution in [1.82, 2.24) is 0 Å². The second-order valence-electron chi connectivity index (χ2n) is 3.83. The van der Waals surface area contributed by atoms with Gasteiger partial charge in [-0.25, -0.2) is 8.78 Å². The van der Waals surface area contributed by atoms with Gasteiger partial charge in [-0.05, 0) is 36.5 Å². The van der Waals surface area contributed by atoms with Crippen molar-refractivity contribution in [2.45, 2.75) is 18.8 Å². The van der Waals surface area contributed by atoms with Crippen LogP contribution in [-0.2, 0) is 4.79 Å². The fourth-order valence-electron chi connectivity index (χ4n) is 1.98. The summed E-state index contributed by atoms with van der Waals surface area (Å²) < 4.78 is 25.8. The van der Waals surface area contributed by atoms with E-state index in [-0.39, 0.29) is 5.92 Å². The summed E-state index contributed by atoms with van der Waals surface area (Å²) in [7, 11) is 0. The minimum absolute atomic E-state index is 0.243. The van der Waals surface area contributed by atoms with Gasteiger partial charge in [0.15, 0.2) is 0 Å². The van der Waals surface area contributed by atoms with Crippen LogP contribution in [0.1, 0.15) is 24.3 Å². The molecule has 2 atom stereocenters. The third-order valence-corrected chi connectivity index (χ3v) is 2.90. The first-order chi connectivity index (χ1) is 7.08. The highest BCUT2D eigenvalue weighted by Gasteiger charge is 2.37. The lowest BCUT2D eigenvalue weighted by atomic mass is 9.70. The molecule has 0 radical (unpaired) electrons. The molecule has 1 N–H and O–H groups in total. The summed E-state index contributed by atoms with van der Waals surface area (Å²) in [5.41, 5.74) is 0.450. The van der Waals surface area contributed by atoms with Gasteiger partial charge in [0.1, 0.15) is 11.6 Å². The molecule has 15 heavy (non-hydrogen) atoms. The number of carbonyl (C=O) groups is 1. The second kappa shape index (κ2) is 3.61. The van der Waals surface area contributed by atoms with Crippen molar-refractivity contribution in [2.75, 3.05) is 0 Å². The van der Waals surface area contributed by atoms with E-state index in [9.17, 15) is 13.6 Å². The van der Waals surface area contributed by atoms with E-state index in [2.05, 4.69) is 0 Å². The van der Waals surface area contributed by atoms with Crippen LogP contribution in [0.4, 0.5) is 8.78 Å². The number of benzene rings is 1. The molecule has 0 heterocycles. The van der Waals surface area contributed by atoms with E-state index in [1.165, 1.54) is 12.1 Å². The molecule has 4 heteroatoms. The largest absolute Gasteiger partial charge is 0.481 e. The summed E-state index contributed by atoms with van der Waals surface area (Å²) in [5, 5.41) is 8.82. The number of rotatable bonds is 2. The topological polar surface area (TPSA) is 37.3 Å². The van der Waals surface area contributed by atoms with Crippen LogP contribution in [-0.4, -0.2) is 11.1 Å². The van der Waals surface area contributed by atoms with E-state index in [4.69, 9.17) is 5.11 Å². The monoisotopic (exact) mass is 212 g/mol. The zero-order chi connectivity index (χ0) is 11.0. The summed E-state index contributed by atoms with van der Waals surface area (Å²) in [5.74, 6) is -2.93. The van der Waals surface area contributed by atoms with Crippen LogP contribution in [0, 0.1) is 17.6 Å². The lowest BCUT2D eigenvalue weighted by molar-refractivity contribution is -0.145. The molecule has 2 unspecified atom stereocenters. The Morgan fingerprint density at radius 1 is 1.20 bits per heavy atom. The number of hydrogen-bond acceptors (Lipinski definition) is 1. The maximum absolute atomic E-state index is 12.9. The fourth-order valence-corrected chi connectivity index (χ4v) is 1.98. The van der Waals surface area contributed by atoms with E-state index in [1.54, 1.807) is 0 Å². The Labute approximate surface area is 85.5 Å². The lowest BCUT2D eigenvalue weighted by Crippen LogP contribution is -2.31. The Balaban J connectivity index is 2.26. The molecule has 80 valence electrons. The maximum atomic E-state index is 12.9. The van der Waals surface area contributed by atoms with Crippen molar-refractivity contribution in [2.24, 2.45) is 5.92 Å². The zero-order valence-electron chi connectivity index (χ0n) is 7.91. The van der Waals surface area contributed by atoms with Gasteiger partial charge >= 0.3 is 5.97 Å². The lowest BCUT2D eigenvalue weighted by Gasteiger charge is -2.33. The minimum Gasteiger partial charge on any atom is -0.481 e. The molecule has 0 aromatic heterocycles. The third-order valence-electron chi connectivity index (χ3n) is 2.90. The SMILES string of the molecule is O=C(O)C1CCC1c1cc(F)cc(F)c1. The fraction of sp³-hybridized carbons (Fsp3) is 0.364. The van der Waals surface area contributed by atoms with Crippen LogP contribution in [0.25, 0.3) is 0 Å². The van der Waals surface area contributed by atoms with Crippen LogP contribution in [0.3, 0.4) is 0 Å². The minimum atomic E-state index is -0.893. The number of hydrogen-bond donors (Lipinski definition) is 1. The average Bonchev–Trinajstić information content (AvgIpc) is 1.97. The molecular formula is C11H10F2O2. The molecule has 1 aromatic rings. The quantitative estimate of drug-likeness (QED) is 0.817. The van der Waals surface area contributed by atoms with Gasteiger partial charge in [-0.2, -0.15) is 0 Å². The Hall–Kier alpha value is -1.45. The number of carboxylic acid groups (broad SMARTS) is 1. The van der Waals surface area contributed by atoms with Crippen molar-refractivity contribution in [3.05, 3.63) is 35.4 Å². The predicted octanol–water partition coefficient (Wildman–Crippen LogP) is 2.54. The molecule has 0 amide bonds. The summed E-state index contributed by atoms with van der Waals surface area (Å²) in [6, 6.07) is 3.21. The van der Waals surface area contributed by atoms with Gasteiger partial charge in [-0.1, -0.05) is 0 Å². The smallest absolute Gasteiger partial charge is 0.307 e. The Kier molecular flexibility index (Phi) is 2.42. The highest BCUT2D eigenvalue weighted by molar-refractivity contribution is 5.72. The molecule has 2 rings (SSSR count). The Morgan fingerprint density at radius 3 is 2.20 bits per heavy atom. The second-order valence-corrected chi connectivity index (χ2v) is 3.83. The summed E-state index contributed by atoms with van der Waals surface area (Å²) in [6.45, 7) is 0. The van der Waals surface area contributed by atoms with E-state index < -0.39 is 23.5 Å². The predicted molar refractivity (Wildman–Crippen MR) is 49.5 cm³/mol. The highest BCUT2D eigenvalue weighted by atomic mass is 19.1. The first-order valence-corrected chi connectivity index (χ1v) is 4.76. The van der Waals surface area contributed by atoms with Gasteiger partial charge in [-0.15, -0.1) is 0 Å². The van der Waals surface area contributed by atoms with Crippen LogP contribution in [0.5, 0.6) is 0 Å². The van der Waals surface area contributed by atoms with Crippen LogP contribution >= 0.6 is 0 Å². The molecule has 2 nitrogen and oxygen atoms in total. The van der Waals surface area contributed by atoms with Gasteiger partial charge < -0.3 is 5.11 Å². The maximum Gasteiger partial charge on any atom is 0.307 e. The molecule has 0 saturated heterocycles. The van der Waals surface area contributed by atoms with Crippen molar-refractivity contribution in [3.8, 4) is 0 Å². The highest BCUT2D eigenvalue weighted by Crippen LogP contribution is 2.42. The molecule has 1 aliphatic carbocycles. The molecular weight excluding hydrogens is 202 g/mol. The summed E-state index contributed by atoms with van der Waals surface area (Å²) in [6.07, 6.45) is 1.26. The van der Waals surface area contributed by atoms with Crippen molar-refractivity contribution < 1.29 is 18.7 Å². The first-order valence-electron chi connectivity index (χ1n) is 4.76. The van der Waals surface area contributed by atoms with E-state index >= 15 is 0 Å². The molecule has 1 aliphatic rings. The Bertz CT molecular complexity index is 383. The zero-order valence-corrected chi connectivity index (χ0v) is 7.91. The van der Waals surface area contributed by atoms with Crippen molar-refractivity contribution in [1.29, 1.82) is 0 Å². The van der Waals surface area contributed by atoms with Gasteiger partial charge in [-0.3, -0.25) is 4.79 Å². The number of carboxylic acids is 1. The van der Waals surface area contributed by atoms with E-state index in [0.717, 1.165) is 6.07 Å². The molecule has 0 aliphatic heterocycles. The first kappa shape index (κ1) is 10.1. The van der Waals surface area contributed by atoms with Gasteiger partial charge in [0.05, 0.1) is 5.92 Å². The number of aliphatic carboxylic acids is 1. The average molecular weight is 212 g/mol. The third kappa shape index (κ3) is 1.84. The molecule has 1 aromatic carbocycles. The standard InChI is InChI=1S/C11H10F2O2/c12-7-3-6(4-8(13)5-7)9-1-2-10(9)11(14)15/h3-5,9-10H,1-2H2,(H,14,15).